The van der Waals surface area contributed by atoms with E-state index in [1.807, 2.05) is 0 Å². The Morgan fingerprint density at radius 3 is 2.60 bits per heavy atom. The Labute approximate surface area is 136 Å². The molecule has 1 amide bonds. The molecule has 104 valence electrons. The van der Waals surface area contributed by atoms with Gasteiger partial charge in [-0.25, -0.2) is 4.39 Å². The lowest BCUT2D eigenvalue weighted by atomic mass is 10.1. The summed E-state index contributed by atoms with van der Waals surface area (Å²) in [6.45, 7) is 0. The molecular weight excluding hydrogens is 414 g/mol. The first-order chi connectivity index (χ1) is 9.38. The van der Waals surface area contributed by atoms with E-state index < -0.39 is 11.7 Å². The first-order valence-electron chi connectivity index (χ1n) is 5.39. The monoisotopic (exact) mass is 420 g/mol. The molecule has 0 aliphatic carbocycles. The standard InChI is InChI=1S/C13H8Br2ClFN2O/c14-6-1-2-12(9(16)3-6)19-13(20)7-4-11(18)10(17)5-8(7)15/h1-5H,18H2,(H,19,20). The van der Waals surface area contributed by atoms with Gasteiger partial charge in [0.2, 0.25) is 0 Å². The third kappa shape index (κ3) is 3.31. The van der Waals surface area contributed by atoms with Gasteiger partial charge in [0.05, 0.1) is 22.0 Å². The van der Waals surface area contributed by atoms with E-state index in [1.165, 1.54) is 6.07 Å². The minimum Gasteiger partial charge on any atom is -0.396 e. The van der Waals surface area contributed by atoms with Crippen molar-refractivity contribution in [3.05, 3.63) is 55.7 Å². The number of anilines is 2. The number of benzene rings is 2. The number of halogens is 4. The van der Waals surface area contributed by atoms with Gasteiger partial charge in [-0.05, 0) is 46.3 Å². The Morgan fingerprint density at radius 2 is 1.95 bits per heavy atom. The number of nitrogens with one attached hydrogen (secondary N) is 1. The maximum Gasteiger partial charge on any atom is 0.256 e. The summed E-state index contributed by atoms with van der Waals surface area (Å²) in [5.41, 5.74) is 6.04. The quantitative estimate of drug-likeness (QED) is 0.681. The summed E-state index contributed by atoms with van der Waals surface area (Å²) < 4.78 is 14.4. The highest BCUT2D eigenvalue weighted by molar-refractivity contribution is 9.10. The number of carbonyl (C=O) groups excluding carboxylic acids is 1. The smallest absolute Gasteiger partial charge is 0.256 e. The first-order valence-corrected chi connectivity index (χ1v) is 7.36. The van der Waals surface area contributed by atoms with Crippen LogP contribution < -0.4 is 11.1 Å². The molecular formula is C13H8Br2ClFN2O. The van der Waals surface area contributed by atoms with Crippen molar-refractivity contribution in [3.8, 4) is 0 Å². The molecule has 0 atom stereocenters. The molecule has 2 rings (SSSR count). The summed E-state index contributed by atoms with van der Waals surface area (Å²) in [6, 6.07) is 7.47. The van der Waals surface area contributed by atoms with Crippen LogP contribution in [0.5, 0.6) is 0 Å². The van der Waals surface area contributed by atoms with Crippen LogP contribution >= 0.6 is 43.5 Å². The van der Waals surface area contributed by atoms with Gasteiger partial charge < -0.3 is 11.1 Å². The summed E-state index contributed by atoms with van der Waals surface area (Å²) >= 11 is 12.4. The van der Waals surface area contributed by atoms with Gasteiger partial charge >= 0.3 is 0 Å². The van der Waals surface area contributed by atoms with Crippen molar-refractivity contribution >= 4 is 60.7 Å². The number of hydrogen-bond donors (Lipinski definition) is 2. The Bertz CT molecular complexity index is 694. The van der Waals surface area contributed by atoms with Gasteiger partial charge in [-0.3, -0.25) is 4.79 Å². The van der Waals surface area contributed by atoms with Crippen LogP contribution in [0.25, 0.3) is 0 Å². The van der Waals surface area contributed by atoms with Gasteiger partial charge in [-0.15, -0.1) is 0 Å². The summed E-state index contributed by atoms with van der Waals surface area (Å²) in [7, 11) is 0. The number of nitrogen functional groups attached to an aromatic ring is 1. The molecule has 2 aromatic rings. The molecule has 0 saturated heterocycles. The normalized spacial score (nSPS) is 10.4. The van der Waals surface area contributed by atoms with Crippen molar-refractivity contribution in [3.63, 3.8) is 0 Å². The highest BCUT2D eigenvalue weighted by Gasteiger charge is 2.14. The molecule has 0 bridgehead atoms. The average Bonchev–Trinajstić information content (AvgIpc) is 2.37. The highest BCUT2D eigenvalue weighted by atomic mass is 79.9. The minimum absolute atomic E-state index is 0.0970. The lowest BCUT2D eigenvalue weighted by Gasteiger charge is -2.10. The average molecular weight is 422 g/mol. The number of rotatable bonds is 2. The maximum absolute atomic E-state index is 13.2. The predicted molar refractivity (Wildman–Crippen MR) is 85.6 cm³/mol. The van der Waals surface area contributed by atoms with Crippen molar-refractivity contribution in [1.82, 2.24) is 0 Å². The zero-order chi connectivity index (χ0) is 14.9. The third-order valence-electron chi connectivity index (χ3n) is 2.51. The van der Waals surface area contributed by atoms with Crippen molar-refractivity contribution in [2.75, 3.05) is 11.1 Å². The SMILES string of the molecule is Nc1cc(C(=O)Nc2ccc(Br)cc2Cl)c(Br)cc1F. The molecule has 0 radical (unpaired) electrons. The number of carbonyl (C=O) groups is 1. The van der Waals surface area contributed by atoms with Gasteiger partial charge in [-0.2, -0.15) is 0 Å². The predicted octanol–water partition coefficient (Wildman–Crippen LogP) is 4.84. The molecule has 0 saturated carbocycles. The van der Waals surface area contributed by atoms with Crippen LogP contribution in [-0.4, -0.2) is 5.91 Å². The number of hydrogen-bond acceptors (Lipinski definition) is 2. The van der Waals surface area contributed by atoms with E-state index in [0.29, 0.717) is 15.2 Å². The molecule has 0 aliphatic heterocycles. The second kappa shape index (κ2) is 6.11. The zero-order valence-corrected chi connectivity index (χ0v) is 13.8. The van der Waals surface area contributed by atoms with Gasteiger partial charge in [0.1, 0.15) is 5.82 Å². The Balaban J connectivity index is 2.31. The summed E-state index contributed by atoms with van der Waals surface area (Å²) in [4.78, 5) is 12.1. The molecule has 0 heterocycles. The van der Waals surface area contributed by atoms with Crippen molar-refractivity contribution < 1.29 is 9.18 Å². The minimum atomic E-state index is -0.588. The molecule has 2 aromatic carbocycles. The lowest BCUT2D eigenvalue weighted by Crippen LogP contribution is -2.13. The largest absolute Gasteiger partial charge is 0.396 e. The molecule has 0 aromatic heterocycles. The maximum atomic E-state index is 13.2. The fourth-order valence-corrected chi connectivity index (χ4v) is 2.74. The van der Waals surface area contributed by atoms with E-state index in [9.17, 15) is 9.18 Å². The van der Waals surface area contributed by atoms with E-state index >= 15 is 0 Å². The second-order valence-corrected chi connectivity index (χ2v) is 6.11. The van der Waals surface area contributed by atoms with E-state index in [2.05, 4.69) is 37.2 Å². The topological polar surface area (TPSA) is 55.1 Å². The fraction of sp³-hybridized carbons (Fsp3) is 0. The molecule has 0 aliphatic rings. The van der Waals surface area contributed by atoms with Gasteiger partial charge in [-0.1, -0.05) is 27.5 Å². The summed E-state index contributed by atoms with van der Waals surface area (Å²) in [5, 5.41) is 3.03. The van der Waals surface area contributed by atoms with E-state index in [-0.39, 0.29) is 11.3 Å². The third-order valence-corrected chi connectivity index (χ3v) is 3.97. The number of amides is 1. The van der Waals surface area contributed by atoms with Crippen LogP contribution in [-0.2, 0) is 0 Å². The van der Waals surface area contributed by atoms with Gasteiger partial charge in [0, 0.05) is 8.95 Å². The summed E-state index contributed by atoms with van der Waals surface area (Å²) in [5.74, 6) is -1.03. The van der Waals surface area contributed by atoms with Crippen LogP contribution in [0.3, 0.4) is 0 Å². The van der Waals surface area contributed by atoms with Crippen LogP contribution in [0.2, 0.25) is 5.02 Å². The van der Waals surface area contributed by atoms with Crippen molar-refractivity contribution in [2.24, 2.45) is 0 Å². The highest BCUT2D eigenvalue weighted by Crippen LogP contribution is 2.28. The van der Waals surface area contributed by atoms with E-state index in [1.54, 1.807) is 18.2 Å². The zero-order valence-electron chi connectivity index (χ0n) is 9.88. The van der Waals surface area contributed by atoms with Crippen LogP contribution in [0, 0.1) is 5.82 Å². The van der Waals surface area contributed by atoms with Crippen LogP contribution in [0.1, 0.15) is 10.4 Å². The van der Waals surface area contributed by atoms with Crippen molar-refractivity contribution in [2.45, 2.75) is 0 Å². The van der Waals surface area contributed by atoms with E-state index in [4.69, 9.17) is 17.3 Å². The first kappa shape index (κ1) is 15.3. The van der Waals surface area contributed by atoms with Gasteiger partial charge in [0.15, 0.2) is 0 Å². The van der Waals surface area contributed by atoms with Gasteiger partial charge in [0.25, 0.3) is 5.91 Å². The number of nitrogens with two attached hydrogens (primary N) is 1. The van der Waals surface area contributed by atoms with Crippen LogP contribution in [0.15, 0.2) is 39.3 Å². The molecule has 7 heteroatoms. The summed E-state index contributed by atoms with van der Waals surface area (Å²) in [6.07, 6.45) is 0. The fourth-order valence-electron chi connectivity index (χ4n) is 1.52. The molecule has 3 N–H and O–H groups in total. The molecule has 20 heavy (non-hydrogen) atoms. The van der Waals surface area contributed by atoms with E-state index in [0.717, 1.165) is 10.5 Å². The Kier molecular flexibility index (Phi) is 4.67. The van der Waals surface area contributed by atoms with Crippen LogP contribution in [0.4, 0.5) is 15.8 Å². The molecule has 0 fully saturated rings. The molecule has 0 unspecified atom stereocenters. The molecule has 3 nitrogen and oxygen atoms in total. The van der Waals surface area contributed by atoms with Crippen molar-refractivity contribution in [1.29, 1.82) is 0 Å². The molecule has 0 spiro atoms. The second-order valence-electron chi connectivity index (χ2n) is 3.93. The Hall–Kier alpha value is -1.11. The lowest BCUT2D eigenvalue weighted by molar-refractivity contribution is 0.102. The Morgan fingerprint density at radius 1 is 1.25 bits per heavy atom.